The van der Waals surface area contributed by atoms with Crippen molar-refractivity contribution in [3.05, 3.63) is 50.1 Å². The molecule has 0 saturated carbocycles. The summed E-state index contributed by atoms with van der Waals surface area (Å²) in [7, 11) is 0. The minimum absolute atomic E-state index is 0.205. The van der Waals surface area contributed by atoms with E-state index in [4.69, 9.17) is 4.74 Å². The molecule has 2 aromatic rings. The number of rotatable bonds is 6. The van der Waals surface area contributed by atoms with Gasteiger partial charge < -0.3 is 10.1 Å². The predicted octanol–water partition coefficient (Wildman–Crippen LogP) is 5.31. The fourth-order valence-corrected chi connectivity index (χ4v) is 3.90. The Hall–Kier alpha value is -0.840. The summed E-state index contributed by atoms with van der Waals surface area (Å²) >= 11 is 5.41. The first-order valence-corrected chi connectivity index (χ1v) is 8.88. The van der Waals surface area contributed by atoms with Crippen LogP contribution in [0, 0.1) is 6.92 Å². The van der Waals surface area contributed by atoms with Crippen LogP contribution in [0.25, 0.3) is 0 Å². The summed E-state index contributed by atoms with van der Waals surface area (Å²) in [5, 5.41) is 3.56. The summed E-state index contributed by atoms with van der Waals surface area (Å²) in [5.41, 5.74) is 2.55. The Balaban J connectivity index is 2.25. The zero-order valence-corrected chi connectivity index (χ0v) is 15.3. The molecule has 1 aromatic carbocycles. The smallest absolute Gasteiger partial charge is 0.119 e. The summed E-state index contributed by atoms with van der Waals surface area (Å²) in [6.07, 6.45) is 0.205. The number of ether oxygens (including phenoxy) is 1. The molecule has 0 bridgehead atoms. The van der Waals surface area contributed by atoms with Crippen LogP contribution in [-0.2, 0) is 0 Å². The zero-order valence-electron chi connectivity index (χ0n) is 12.9. The highest BCUT2D eigenvalue weighted by molar-refractivity contribution is 9.11. The van der Waals surface area contributed by atoms with E-state index in [0.29, 0.717) is 0 Å². The first-order chi connectivity index (χ1) is 10.0. The van der Waals surface area contributed by atoms with E-state index < -0.39 is 0 Å². The second kappa shape index (κ2) is 7.43. The average molecular weight is 368 g/mol. The molecule has 1 heterocycles. The van der Waals surface area contributed by atoms with Crippen LogP contribution in [0.4, 0.5) is 0 Å². The van der Waals surface area contributed by atoms with Crippen molar-refractivity contribution in [3.63, 3.8) is 0 Å². The third kappa shape index (κ3) is 4.31. The van der Waals surface area contributed by atoms with Gasteiger partial charge in [-0.25, -0.2) is 0 Å². The molecular weight excluding hydrogens is 346 g/mol. The Bertz CT molecular complexity index is 557. The quantitative estimate of drug-likeness (QED) is 0.747. The summed E-state index contributed by atoms with van der Waals surface area (Å²) in [6, 6.07) is 10.9. The molecule has 1 N–H and O–H groups in total. The molecule has 1 unspecified atom stereocenters. The largest absolute Gasteiger partial charge is 0.491 e. The van der Waals surface area contributed by atoms with Crippen LogP contribution in [-0.4, -0.2) is 12.6 Å². The molecule has 0 aliphatic heterocycles. The molecule has 2 nitrogen and oxygen atoms in total. The molecule has 2 rings (SSSR count). The molecule has 0 aliphatic rings. The van der Waals surface area contributed by atoms with Crippen molar-refractivity contribution < 1.29 is 4.74 Å². The summed E-state index contributed by atoms with van der Waals surface area (Å²) < 4.78 is 6.92. The van der Waals surface area contributed by atoms with Crippen molar-refractivity contribution in [1.82, 2.24) is 5.32 Å². The first-order valence-electron chi connectivity index (χ1n) is 7.27. The van der Waals surface area contributed by atoms with E-state index in [9.17, 15) is 0 Å². The molecule has 1 aromatic heterocycles. The van der Waals surface area contributed by atoms with E-state index in [1.54, 1.807) is 11.3 Å². The third-order valence-electron chi connectivity index (χ3n) is 3.15. The molecule has 0 radical (unpaired) electrons. The molecule has 0 fully saturated rings. The Labute approximate surface area is 139 Å². The minimum atomic E-state index is 0.205. The highest BCUT2D eigenvalue weighted by Gasteiger charge is 2.16. The maximum absolute atomic E-state index is 5.71. The van der Waals surface area contributed by atoms with Crippen molar-refractivity contribution in [2.75, 3.05) is 6.54 Å². The van der Waals surface area contributed by atoms with Crippen LogP contribution in [0.1, 0.15) is 42.8 Å². The Morgan fingerprint density at radius 2 is 1.90 bits per heavy atom. The van der Waals surface area contributed by atoms with Crippen LogP contribution < -0.4 is 10.1 Å². The van der Waals surface area contributed by atoms with Crippen LogP contribution in [0.2, 0.25) is 0 Å². The van der Waals surface area contributed by atoms with Gasteiger partial charge in [0.25, 0.3) is 0 Å². The third-order valence-corrected chi connectivity index (χ3v) is 5.36. The summed E-state index contributed by atoms with van der Waals surface area (Å²) in [5.74, 6) is 0.924. The van der Waals surface area contributed by atoms with Crippen molar-refractivity contribution >= 4 is 27.3 Å². The van der Waals surface area contributed by atoms with Crippen molar-refractivity contribution in [1.29, 1.82) is 0 Å². The predicted molar refractivity (Wildman–Crippen MR) is 94.5 cm³/mol. The molecule has 4 heteroatoms. The molecule has 114 valence electrons. The number of halogens is 1. The highest BCUT2D eigenvalue weighted by atomic mass is 79.9. The molecule has 0 spiro atoms. The van der Waals surface area contributed by atoms with E-state index in [-0.39, 0.29) is 12.1 Å². The topological polar surface area (TPSA) is 21.3 Å². The van der Waals surface area contributed by atoms with E-state index >= 15 is 0 Å². The van der Waals surface area contributed by atoms with Gasteiger partial charge >= 0.3 is 0 Å². The Morgan fingerprint density at radius 1 is 1.24 bits per heavy atom. The van der Waals surface area contributed by atoms with Gasteiger partial charge in [0.05, 0.1) is 15.9 Å². The number of thiophene rings is 1. The molecule has 1 atom stereocenters. The Morgan fingerprint density at radius 3 is 2.38 bits per heavy atom. The standard InChI is InChI=1S/C17H22BrNOS/c1-5-19-16(15-10-12(4)17(18)21-15)13-6-8-14(9-7-13)20-11(2)3/h6-11,16,19H,5H2,1-4H3. The van der Waals surface area contributed by atoms with Crippen LogP contribution in [0.3, 0.4) is 0 Å². The van der Waals surface area contributed by atoms with Crippen molar-refractivity contribution in [2.45, 2.75) is 39.8 Å². The normalized spacial score (nSPS) is 12.7. The lowest BCUT2D eigenvalue weighted by Gasteiger charge is -2.18. The second-order valence-corrected chi connectivity index (χ2v) is 7.73. The monoisotopic (exact) mass is 367 g/mol. The zero-order chi connectivity index (χ0) is 15.4. The average Bonchev–Trinajstić information content (AvgIpc) is 2.76. The minimum Gasteiger partial charge on any atom is -0.491 e. The number of benzene rings is 1. The van der Waals surface area contributed by atoms with E-state index in [1.165, 1.54) is 19.8 Å². The van der Waals surface area contributed by atoms with Crippen molar-refractivity contribution in [2.24, 2.45) is 0 Å². The van der Waals surface area contributed by atoms with Crippen LogP contribution in [0.5, 0.6) is 5.75 Å². The second-order valence-electron chi connectivity index (χ2n) is 5.33. The maximum atomic E-state index is 5.71. The lowest BCUT2D eigenvalue weighted by atomic mass is 10.0. The van der Waals surface area contributed by atoms with Crippen molar-refractivity contribution in [3.8, 4) is 5.75 Å². The fourth-order valence-electron chi connectivity index (χ4n) is 2.22. The van der Waals surface area contributed by atoms with Crippen LogP contribution in [0.15, 0.2) is 34.1 Å². The van der Waals surface area contributed by atoms with Gasteiger partial charge in [0, 0.05) is 4.88 Å². The fraction of sp³-hybridized carbons (Fsp3) is 0.412. The lowest BCUT2D eigenvalue weighted by Crippen LogP contribution is -2.21. The van der Waals surface area contributed by atoms with Gasteiger partial charge in [0.1, 0.15) is 5.75 Å². The van der Waals surface area contributed by atoms with Gasteiger partial charge in [-0.1, -0.05) is 19.1 Å². The number of hydrogen-bond donors (Lipinski definition) is 1. The summed E-state index contributed by atoms with van der Waals surface area (Å²) in [6.45, 7) is 9.29. The summed E-state index contributed by atoms with van der Waals surface area (Å²) in [4.78, 5) is 1.33. The van der Waals surface area contributed by atoms with Gasteiger partial charge in [-0.2, -0.15) is 0 Å². The molecule has 0 saturated heterocycles. The van der Waals surface area contributed by atoms with Gasteiger partial charge in [-0.15, -0.1) is 11.3 Å². The van der Waals surface area contributed by atoms with E-state index in [1.807, 2.05) is 13.8 Å². The highest BCUT2D eigenvalue weighted by Crippen LogP contribution is 2.34. The van der Waals surface area contributed by atoms with E-state index in [0.717, 1.165) is 12.3 Å². The maximum Gasteiger partial charge on any atom is 0.119 e. The molecule has 0 aliphatic carbocycles. The van der Waals surface area contributed by atoms with Crippen LogP contribution >= 0.6 is 27.3 Å². The molecular formula is C17H22BrNOS. The number of aryl methyl sites for hydroxylation is 1. The van der Waals surface area contributed by atoms with Gasteiger partial charge in [0.15, 0.2) is 0 Å². The lowest BCUT2D eigenvalue weighted by molar-refractivity contribution is 0.242. The van der Waals surface area contributed by atoms with Gasteiger partial charge in [-0.3, -0.25) is 0 Å². The Kier molecular flexibility index (Phi) is 5.85. The van der Waals surface area contributed by atoms with Gasteiger partial charge in [0.2, 0.25) is 0 Å². The molecule has 21 heavy (non-hydrogen) atoms. The molecule has 0 amide bonds. The SMILES string of the molecule is CCNC(c1ccc(OC(C)C)cc1)c1cc(C)c(Br)s1. The first kappa shape index (κ1) is 16.5. The van der Waals surface area contributed by atoms with Gasteiger partial charge in [-0.05, 0) is 72.6 Å². The number of hydrogen-bond acceptors (Lipinski definition) is 3. The number of nitrogens with one attached hydrogen (secondary N) is 1. The van der Waals surface area contributed by atoms with E-state index in [2.05, 4.69) is 65.4 Å².